The van der Waals surface area contributed by atoms with Gasteiger partial charge in [0.25, 0.3) is 11.8 Å². The third kappa shape index (κ3) is 4.54. The maximum absolute atomic E-state index is 14.2. The number of imide groups is 2. The lowest BCUT2D eigenvalue weighted by Crippen LogP contribution is -2.54. The van der Waals surface area contributed by atoms with Gasteiger partial charge in [-0.15, -0.1) is 0 Å². The first kappa shape index (κ1) is 23.2. The van der Waals surface area contributed by atoms with E-state index in [4.69, 9.17) is 27.9 Å². The highest BCUT2D eigenvalue weighted by Gasteiger charge is 2.38. The van der Waals surface area contributed by atoms with Gasteiger partial charge < -0.3 is 4.74 Å². The van der Waals surface area contributed by atoms with Crippen LogP contribution in [0.15, 0.2) is 72.3 Å². The monoisotopic (exact) mass is 498 g/mol. The number of amides is 4. The van der Waals surface area contributed by atoms with Crippen molar-refractivity contribution in [3.8, 4) is 5.75 Å². The van der Waals surface area contributed by atoms with E-state index in [1.807, 2.05) is 5.32 Å². The van der Waals surface area contributed by atoms with E-state index in [-0.39, 0.29) is 27.6 Å². The molecule has 0 aliphatic carbocycles. The number of hydrogen-bond acceptors (Lipinski definition) is 5. The average molecular weight is 499 g/mol. The lowest BCUT2D eigenvalue weighted by Gasteiger charge is -2.26. The molecule has 4 amide bonds. The van der Waals surface area contributed by atoms with Gasteiger partial charge in [0.1, 0.15) is 17.1 Å². The third-order valence-electron chi connectivity index (χ3n) is 4.77. The van der Waals surface area contributed by atoms with Crippen molar-refractivity contribution < 1.29 is 28.3 Å². The number of nitrogens with zero attached hydrogens (tertiary/aromatic N) is 1. The van der Waals surface area contributed by atoms with Gasteiger partial charge in [0.2, 0.25) is 0 Å². The molecule has 4 rings (SSSR count). The zero-order valence-electron chi connectivity index (χ0n) is 17.1. The van der Waals surface area contributed by atoms with Crippen molar-refractivity contribution in [3.05, 3.63) is 99.3 Å². The van der Waals surface area contributed by atoms with Gasteiger partial charge >= 0.3 is 12.0 Å². The number of urea groups is 1. The minimum atomic E-state index is -1.09. The Morgan fingerprint density at radius 1 is 0.971 bits per heavy atom. The van der Waals surface area contributed by atoms with Gasteiger partial charge in [0.05, 0.1) is 16.3 Å². The van der Waals surface area contributed by atoms with Crippen LogP contribution in [0.3, 0.4) is 0 Å². The molecule has 0 spiro atoms. The molecule has 170 valence electrons. The normalized spacial score (nSPS) is 14.9. The summed E-state index contributed by atoms with van der Waals surface area (Å²) in [6.45, 7) is 0. The number of esters is 1. The van der Waals surface area contributed by atoms with Crippen molar-refractivity contribution in [3.63, 3.8) is 0 Å². The third-order valence-corrected chi connectivity index (χ3v) is 5.32. The number of ether oxygens (including phenoxy) is 1. The predicted molar refractivity (Wildman–Crippen MR) is 123 cm³/mol. The number of nitrogens with one attached hydrogen (secondary N) is 1. The van der Waals surface area contributed by atoms with Crippen LogP contribution < -0.4 is 15.0 Å². The first-order valence-electron chi connectivity index (χ1n) is 9.68. The zero-order valence-corrected chi connectivity index (χ0v) is 18.6. The SMILES string of the molecule is O=C1NC(=O)N(c2ccccc2F)C(=O)/C1=C\c1ccccc1OC(=O)c1ccc(Cl)cc1Cl. The smallest absolute Gasteiger partial charge is 0.345 e. The van der Waals surface area contributed by atoms with Gasteiger partial charge in [0, 0.05) is 10.6 Å². The number of para-hydroxylation sites is 2. The Kier molecular flexibility index (Phi) is 6.45. The van der Waals surface area contributed by atoms with E-state index in [2.05, 4.69) is 0 Å². The molecule has 1 aliphatic heterocycles. The van der Waals surface area contributed by atoms with E-state index in [0.29, 0.717) is 9.92 Å². The standard InChI is InChI=1S/C24H13Cl2FN2O5/c25-14-9-10-15(17(26)12-14)23(32)34-20-8-4-1-5-13(20)11-16-21(30)28-24(33)29(22(16)31)19-7-3-2-6-18(19)27/h1-12H,(H,28,30,33)/b16-11-. The summed E-state index contributed by atoms with van der Waals surface area (Å²) in [5.41, 5.74) is -0.546. The summed E-state index contributed by atoms with van der Waals surface area (Å²) in [6, 6.07) is 14.4. The lowest BCUT2D eigenvalue weighted by molar-refractivity contribution is -0.122. The Morgan fingerprint density at radius 2 is 1.68 bits per heavy atom. The molecular formula is C24H13Cl2FN2O5. The van der Waals surface area contributed by atoms with Crippen molar-refractivity contribution in [2.75, 3.05) is 4.90 Å². The first-order chi connectivity index (χ1) is 16.3. The van der Waals surface area contributed by atoms with Crippen LogP contribution in [0.2, 0.25) is 10.0 Å². The molecule has 3 aromatic rings. The topological polar surface area (TPSA) is 92.8 Å². The number of carbonyl (C=O) groups excluding carboxylic acids is 4. The first-order valence-corrected chi connectivity index (χ1v) is 10.4. The Bertz CT molecular complexity index is 1390. The number of hydrogen-bond donors (Lipinski definition) is 1. The van der Waals surface area contributed by atoms with Crippen LogP contribution in [-0.4, -0.2) is 23.8 Å². The molecule has 1 heterocycles. The van der Waals surface area contributed by atoms with Gasteiger partial charge in [-0.1, -0.05) is 53.5 Å². The minimum Gasteiger partial charge on any atom is -0.422 e. The molecule has 1 saturated heterocycles. The highest BCUT2D eigenvalue weighted by molar-refractivity contribution is 6.39. The summed E-state index contributed by atoms with van der Waals surface area (Å²) in [5.74, 6) is -3.63. The number of rotatable bonds is 4. The summed E-state index contributed by atoms with van der Waals surface area (Å²) in [6.07, 6.45) is 1.14. The lowest BCUT2D eigenvalue weighted by atomic mass is 10.1. The maximum Gasteiger partial charge on any atom is 0.345 e. The average Bonchev–Trinajstić information content (AvgIpc) is 2.78. The second-order valence-electron chi connectivity index (χ2n) is 6.96. The molecule has 0 bridgehead atoms. The number of benzene rings is 3. The summed E-state index contributed by atoms with van der Waals surface area (Å²) < 4.78 is 19.7. The number of carbonyl (C=O) groups is 4. The Balaban J connectivity index is 1.69. The van der Waals surface area contributed by atoms with E-state index >= 15 is 0 Å². The van der Waals surface area contributed by atoms with Gasteiger partial charge in [-0.05, 0) is 42.5 Å². The second kappa shape index (κ2) is 9.46. The van der Waals surface area contributed by atoms with Crippen molar-refractivity contribution in [2.24, 2.45) is 0 Å². The zero-order chi connectivity index (χ0) is 24.4. The second-order valence-corrected chi connectivity index (χ2v) is 7.80. The van der Waals surface area contributed by atoms with Crippen molar-refractivity contribution in [2.45, 2.75) is 0 Å². The molecule has 34 heavy (non-hydrogen) atoms. The van der Waals surface area contributed by atoms with E-state index < -0.39 is 35.2 Å². The van der Waals surface area contributed by atoms with Crippen LogP contribution in [0, 0.1) is 5.82 Å². The van der Waals surface area contributed by atoms with Gasteiger partial charge in [-0.2, -0.15) is 0 Å². The van der Waals surface area contributed by atoms with Crippen LogP contribution in [-0.2, 0) is 9.59 Å². The molecule has 0 saturated carbocycles. The van der Waals surface area contributed by atoms with Crippen LogP contribution in [0.4, 0.5) is 14.9 Å². The summed E-state index contributed by atoms with van der Waals surface area (Å²) >= 11 is 11.9. The highest BCUT2D eigenvalue weighted by Crippen LogP contribution is 2.28. The molecule has 1 aliphatic rings. The molecule has 10 heteroatoms. The molecule has 3 aromatic carbocycles. The fourth-order valence-electron chi connectivity index (χ4n) is 3.17. The van der Waals surface area contributed by atoms with Gasteiger partial charge in [-0.3, -0.25) is 14.9 Å². The molecule has 0 radical (unpaired) electrons. The summed E-state index contributed by atoms with van der Waals surface area (Å²) in [5, 5.41) is 2.42. The van der Waals surface area contributed by atoms with Crippen molar-refractivity contribution >= 4 is 58.8 Å². The molecular weight excluding hydrogens is 486 g/mol. The maximum atomic E-state index is 14.2. The quantitative estimate of drug-likeness (QED) is 0.236. The number of anilines is 1. The predicted octanol–water partition coefficient (Wildman–Crippen LogP) is 5.02. The molecule has 1 fully saturated rings. The Hall–Kier alpha value is -4.01. The number of halogens is 3. The van der Waals surface area contributed by atoms with E-state index in [1.54, 1.807) is 12.1 Å². The fraction of sp³-hybridized carbons (Fsp3) is 0. The van der Waals surface area contributed by atoms with E-state index in [0.717, 1.165) is 12.1 Å². The van der Waals surface area contributed by atoms with Crippen LogP contribution in [0.25, 0.3) is 6.08 Å². The van der Waals surface area contributed by atoms with Gasteiger partial charge in [0.15, 0.2) is 0 Å². The van der Waals surface area contributed by atoms with Crippen molar-refractivity contribution in [1.29, 1.82) is 0 Å². The largest absolute Gasteiger partial charge is 0.422 e. The van der Waals surface area contributed by atoms with Crippen LogP contribution in [0.1, 0.15) is 15.9 Å². The van der Waals surface area contributed by atoms with Gasteiger partial charge in [-0.25, -0.2) is 18.9 Å². The minimum absolute atomic E-state index is 0.0148. The van der Waals surface area contributed by atoms with E-state index in [1.165, 1.54) is 48.5 Å². The molecule has 0 unspecified atom stereocenters. The molecule has 7 nitrogen and oxygen atoms in total. The molecule has 1 N–H and O–H groups in total. The summed E-state index contributed by atoms with van der Waals surface area (Å²) in [4.78, 5) is 50.9. The van der Waals surface area contributed by atoms with E-state index in [9.17, 15) is 23.6 Å². The molecule has 0 aromatic heterocycles. The number of barbiturate groups is 1. The summed E-state index contributed by atoms with van der Waals surface area (Å²) in [7, 11) is 0. The fourth-order valence-corrected chi connectivity index (χ4v) is 3.65. The Labute approximate surface area is 202 Å². The van der Waals surface area contributed by atoms with Crippen LogP contribution >= 0.6 is 23.2 Å². The Morgan fingerprint density at radius 3 is 2.41 bits per heavy atom. The van der Waals surface area contributed by atoms with Crippen molar-refractivity contribution in [1.82, 2.24) is 5.32 Å². The highest BCUT2D eigenvalue weighted by atomic mass is 35.5. The van der Waals surface area contributed by atoms with Crippen LogP contribution in [0.5, 0.6) is 5.75 Å². The molecule has 0 atom stereocenters.